The molecular weight excluding hydrogens is 1890 g/mol. The maximum atomic E-state index is 3.62. The molecular formula is C108H252Si21. The highest BCUT2D eigenvalue weighted by molar-refractivity contribution is 8.58. The Kier molecular flexibility index (Phi) is 33.4. The van der Waals surface area contributed by atoms with E-state index in [4.69, 9.17) is 0 Å². The molecule has 0 aromatic carbocycles. The largest absolute Gasteiger partial charge is 0.0707 e. The van der Waals surface area contributed by atoms with Crippen LogP contribution in [0.15, 0.2) is 0 Å². The third kappa shape index (κ3) is 15.6. The lowest BCUT2D eigenvalue weighted by molar-refractivity contribution is 0.614. The van der Waals surface area contributed by atoms with Crippen molar-refractivity contribution in [3.05, 3.63) is 0 Å². The summed E-state index contributed by atoms with van der Waals surface area (Å²) in [6.07, 6.45) is -16.9. The molecule has 0 radical (unpaired) electrons. The van der Waals surface area contributed by atoms with Gasteiger partial charge in [-0.05, 0) is 149 Å². The second-order valence-electron chi connectivity index (χ2n) is 72.8. The lowest BCUT2D eigenvalue weighted by Gasteiger charge is -2.80. The van der Waals surface area contributed by atoms with Crippen LogP contribution in [0.2, 0.25) is 199 Å². The van der Waals surface area contributed by atoms with Crippen LogP contribution in [0, 0.1) is 0 Å². The molecule has 0 aromatic rings. The molecule has 2 heterocycles. The lowest BCUT2D eigenvalue weighted by Crippen LogP contribution is -3.01. The van der Waals surface area contributed by atoms with Gasteiger partial charge in [0.25, 0.3) is 0 Å². The fourth-order valence-corrected chi connectivity index (χ4v) is 1520. The van der Waals surface area contributed by atoms with Gasteiger partial charge in [0.2, 0.25) is 0 Å². The van der Waals surface area contributed by atoms with Crippen LogP contribution in [-0.2, 0) is 0 Å². The zero-order valence-electron chi connectivity index (χ0n) is 106. The predicted molar refractivity (Wildman–Crippen MR) is 664 cm³/mol. The topological polar surface area (TPSA) is 0 Å². The van der Waals surface area contributed by atoms with Crippen molar-refractivity contribution in [3.8, 4) is 0 Å². The molecule has 2 aliphatic heterocycles. The third-order valence-corrected chi connectivity index (χ3v) is 665. The van der Waals surface area contributed by atoms with Gasteiger partial charge in [-0.2, -0.15) is 0 Å². The van der Waals surface area contributed by atoms with Crippen molar-refractivity contribution >= 4 is 150 Å². The van der Waals surface area contributed by atoms with Crippen molar-refractivity contribution < 1.29 is 0 Å². The molecule has 129 heavy (non-hydrogen) atoms. The standard InChI is InChI=1S/C108H252Si21/c1-85(2,3)113(73,86(4,5)6)126(114(74,87(7,8)9)88(10,11)12,115(75,89(13,14)15)90(16,17)18)109-110(127(116(76,91(19,20)21)92(22,23)24,117(77,93(25,26)27)94(28,29)30)118(78,95(31,32)33)96(34,35)36)125(109)111(128(119(79,97(37,38)39)98(40,41)42,120(80,99(43,44)45)100(46,47)48)121(81,101(49,50)51)102(52,53)54)112(125)129(122(82,103(55,56)57)104(58,59)60,123(83,105(61,62)63)106(64,65)66)124(84,107(67,68)69)108(70,71)72/h1-84H3. The van der Waals surface area contributed by atoms with E-state index in [1.54, 1.807) is 0 Å². The zero-order valence-corrected chi connectivity index (χ0v) is 128. The summed E-state index contributed by atoms with van der Waals surface area (Å²) in [7, 11) is -37.1. The Labute approximate surface area is 839 Å². The van der Waals surface area contributed by atoms with Gasteiger partial charge < -0.3 is 0 Å². The molecule has 0 aliphatic carbocycles. The maximum absolute atomic E-state index is 3.62. The second-order valence-corrected chi connectivity index (χ2v) is 308. The highest BCUT2D eigenvalue weighted by Gasteiger charge is 3.04. The molecule has 2 aliphatic rings. The van der Waals surface area contributed by atoms with Crippen molar-refractivity contribution in [2.75, 3.05) is 0 Å². The Morgan fingerprint density at radius 1 is 0.0930 bits per heavy atom. The molecule has 0 aromatic heterocycles. The second kappa shape index (κ2) is 33.3. The van der Waals surface area contributed by atoms with Crippen molar-refractivity contribution in [2.45, 2.75) is 698 Å². The number of hydrogen-bond acceptors (Lipinski definition) is 0. The average Bonchev–Trinajstić information content (AvgIpc) is 1.37. The monoisotopic (exact) mass is 2140 g/mol. The van der Waals surface area contributed by atoms with E-state index in [1.807, 2.05) is 0 Å². The van der Waals surface area contributed by atoms with Crippen LogP contribution in [-0.4, -0.2) is 150 Å². The molecule has 0 amide bonds. The van der Waals surface area contributed by atoms with Crippen LogP contribution in [0.5, 0.6) is 0 Å². The van der Waals surface area contributed by atoms with E-state index in [9.17, 15) is 0 Å². The molecule has 0 nitrogen and oxygen atoms in total. The van der Waals surface area contributed by atoms with E-state index in [-0.39, 0.29) is 121 Å². The molecule has 0 atom stereocenters. The van der Waals surface area contributed by atoms with E-state index >= 15 is 0 Å². The first-order valence-electron chi connectivity index (χ1n) is 53.5. The van der Waals surface area contributed by atoms with Crippen LogP contribution in [0.1, 0.15) is 499 Å². The van der Waals surface area contributed by atoms with Crippen LogP contribution in [0.3, 0.4) is 0 Å². The third-order valence-electron chi connectivity index (χ3n) is 48.4. The summed E-state index contributed by atoms with van der Waals surface area (Å²) in [6, 6.07) is 0. The van der Waals surface area contributed by atoms with Gasteiger partial charge in [-0.25, -0.2) is 0 Å². The van der Waals surface area contributed by atoms with Crippen LogP contribution < -0.4 is 0 Å². The summed E-state index contributed by atoms with van der Waals surface area (Å²) in [5, 5.41) is 2.25. The number of hydrogen-bond donors (Lipinski definition) is 0. The minimum Gasteiger partial charge on any atom is -0.0707 e. The van der Waals surface area contributed by atoms with Crippen LogP contribution >= 0.6 is 0 Å². The molecule has 1 spiro atoms. The summed E-state index contributed by atoms with van der Waals surface area (Å²) in [6.45, 7) is 265. The first kappa shape index (κ1) is 130. The summed E-state index contributed by atoms with van der Waals surface area (Å²) >= 11 is 0. The molecule has 0 saturated carbocycles. The highest BCUT2D eigenvalue weighted by Crippen LogP contribution is 2.85. The van der Waals surface area contributed by atoms with Gasteiger partial charge in [0.1, 0.15) is 0 Å². The zero-order chi connectivity index (χ0) is 107. The van der Waals surface area contributed by atoms with Gasteiger partial charge in [0, 0.05) is 24.6 Å². The Hall–Kier alpha value is 4.55. The Bertz CT molecular complexity index is 3050. The summed E-state index contributed by atoms with van der Waals surface area (Å²) in [4.78, 5) is 0. The van der Waals surface area contributed by atoms with Crippen molar-refractivity contribution in [1.82, 2.24) is 0 Å². The first-order valence-corrected chi connectivity index (χ1v) is 122. The molecule has 0 N–H and O–H groups in total. The SMILES string of the molecule is CC(C)(C)[Si](C)(C(C)(C)C)[Si]([Si]1=[Si]([Si]([Si](C)(C(C)(C)C)C(C)(C)C)([Si](C)(C(C)(C)C)C(C)(C)C)[Si](C)(C(C)(C)C)C(C)(C)C)[Si]12[Si]([Si]([Si](C)(C(C)(C)C)C(C)(C)C)([Si](C)(C(C)(C)C)C(C)(C)C)[Si](C)(C(C)(C)C)C(C)(C)C)=[Si]2[Si]([Si](C)(C(C)(C)C)C(C)(C)C)([Si](C)(C(C)(C)C)C(C)(C)C)[Si](C)(C(C)(C)C)C(C)(C)C)([Si](C)(C(C)(C)C)C(C)(C)C)[Si](C)(C(C)(C)C)C(C)(C)C. The summed E-state index contributed by atoms with van der Waals surface area (Å²) in [5.41, 5.74) is 0. The first-order chi connectivity index (χ1) is 54.0. The molecule has 768 valence electrons. The molecule has 2 rings (SSSR count). The Balaban J connectivity index is 6.81. The fraction of sp³-hybridized carbons (Fsp3) is 1.00. The van der Waals surface area contributed by atoms with E-state index in [0.29, 0.717) is 0 Å². The van der Waals surface area contributed by atoms with E-state index in [0.717, 1.165) is 0 Å². The Morgan fingerprint density at radius 3 is 0.163 bits per heavy atom. The van der Waals surface area contributed by atoms with Gasteiger partial charge in [-0.15, -0.1) is 0 Å². The van der Waals surface area contributed by atoms with Crippen molar-refractivity contribution in [1.29, 1.82) is 0 Å². The predicted octanol–water partition coefficient (Wildman–Crippen LogP) is 41.1. The minimum absolute atomic E-state index is 0.0939. The summed E-state index contributed by atoms with van der Waals surface area (Å²) in [5.74, 6) is 0. The molecule has 21 heteroatoms. The molecule has 0 unspecified atom stereocenters. The van der Waals surface area contributed by atoms with Gasteiger partial charge in [0.05, 0.1) is 97.2 Å². The normalized spacial score (nSPS) is 18.7. The maximum Gasteiger partial charge on any atom is 0.0614 e. The lowest BCUT2D eigenvalue weighted by atomic mass is 10.2. The molecule has 0 bridgehead atoms. The minimum atomic E-state index is -3.40. The van der Waals surface area contributed by atoms with E-state index < -0.39 is 150 Å². The smallest absolute Gasteiger partial charge is 0.0614 e. The fourth-order valence-electron chi connectivity index (χ4n) is 38.9. The molecule has 0 saturated heterocycles. The Morgan fingerprint density at radius 2 is 0.132 bits per heavy atom. The highest BCUT2D eigenvalue weighted by atomic mass is 30.9. The average molecular weight is 2140 g/mol. The van der Waals surface area contributed by atoms with Crippen LogP contribution in [0.4, 0.5) is 0 Å². The van der Waals surface area contributed by atoms with Crippen LogP contribution in [0.25, 0.3) is 0 Å². The van der Waals surface area contributed by atoms with Crippen molar-refractivity contribution in [3.63, 3.8) is 0 Å². The molecule has 0 fully saturated rings. The quantitative estimate of drug-likeness (QED) is 0.135. The van der Waals surface area contributed by atoms with Gasteiger partial charge in [0.15, 0.2) is 0 Å². The van der Waals surface area contributed by atoms with Gasteiger partial charge >= 0.3 is 0 Å². The van der Waals surface area contributed by atoms with E-state index in [2.05, 4.69) is 577 Å². The van der Waals surface area contributed by atoms with Gasteiger partial charge in [-0.3, -0.25) is 0 Å². The summed E-state index contributed by atoms with van der Waals surface area (Å²) < 4.78 is 0. The number of rotatable bonds is 16. The van der Waals surface area contributed by atoms with E-state index in [1.165, 1.54) is 0 Å². The van der Waals surface area contributed by atoms with Crippen molar-refractivity contribution in [2.24, 2.45) is 0 Å². The van der Waals surface area contributed by atoms with Gasteiger partial charge in [-0.1, -0.05) is 577 Å².